The van der Waals surface area contributed by atoms with Crippen LogP contribution in [0.1, 0.15) is 54.4 Å². The molecule has 4 aromatic carbocycles. The SMILES string of the molecule is C=C1[C@H](O[Si](c2ccccc2)(c2ccccc2)C(C)(C)C)CC(O)C[C@H]1O[Si](c1ccccc1)(c1ccccc1)C(C)(C)C. The zero-order valence-electron chi connectivity index (χ0n) is 27.2. The highest BCUT2D eigenvalue weighted by Crippen LogP contribution is 2.43. The summed E-state index contributed by atoms with van der Waals surface area (Å²) >= 11 is 0. The molecule has 2 atom stereocenters. The van der Waals surface area contributed by atoms with Crippen LogP contribution in [0.4, 0.5) is 0 Å². The lowest BCUT2D eigenvalue weighted by Gasteiger charge is -2.50. The topological polar surface area (TPSA) is 38.7 Å². The van der Waals surface area contributed by atoms with Crippen LogP contribution in [0.5, 0.6) is 0 Å². The largest absolute Gasteiger partial charge is 0.401 e. The van der Waals surface area contributed by atoms with Crippen LogP contribution in [0.2, 0.25) is 10.1 Å². The summed E-state index contributed by atoms with van der Waals surface area (Å²) in [4.78, 5) is 0. The van der Waals surface area contributed by atoms with E-state index >= 15 is 0 Å². The second-order valence-electron chi connectivity index (χ2n) is 14.2. The van der Waals surface area contributed by atoms with Gasteiger partial charge < -0.3 is 14.0 Å². The number of hydrogen-bond donors (Lipinski definition) is 1. The molecular weight excluding hydrogens is 573 g/mol. The minimum Gasteiger partial charge on any atom is -0.401 e. The number of rotatable bonds is 8. The van der Waals surface area contributed by atoms with Crippen LogP contribution < -0.4 is 20.7 Å². The molecule has 44 heavy (non-hydrogen) atoms. The molecule has 5 heteroatoms. The molecular formula is C39H48O3Si2. The summed E-state index contributed by atoms with van der Waals surface area (Å²) in [5.74, 6) is 0. The van der Waals surface area contributed by atoms with Crippen LogP contribution in [0, 0.1) is 0 Å². The number of hydrogen-bond acceptors (Lipinski definition) is 3. The lowest BCUT2D eigenvalue weighted by Crippen LogP contribution is -2.70. The van der Waals surface area contributed by atoms with E-state index < -0.39 is 22.7 Å². The Morgan fingerprint density at radius 3 is 1.00 bits per heavy atom. The minimum atomic E-state index is -2.88. The molecule has 1 N–H and O–H groups in total. The smallest absolute Gasteiger partial charge is 0.261 e. The van der Waals surface area contributed by atoms with E-state index in [2.05, 4.69) is 163 Å². The van der Waals surface area contributed by atoms with Gasteiger partial charge in [0.05, 0.1) is 18.3 Å². The third-order valence-corrected chi connectivity index (χ3v) is 19.4. The van der Waals surface area contributed by atoms with Crippen molar-refractivity contribution in [1.82, 2.24) is 0 Å². The second kappa shape index (κ2) is 12.7. The van der Waals surface area contributed by atoms with Crippen LogP contribution in [0.25, 0.3) is 0 Å². The van der Waals surface area contributed by atoms with Gasteiger partial charge in [-0.2, -0.15) is 0 Å². The van der Waals surface area contributed by atoms with E-state index in [0.717, 1.165) is 5.57 Å². The Morgan fingerprint density at radius 1 is 0.523 bits per heavy atom. The van der Waals surface area contributed by atoms with Gasteiger partial charge >= 0.3 is 0 Å². The van der Waals surface area contributed by atoms with Gasteiger partial charge in [-0.15, -0.1) is 0 Å². The van der Waals surface area contributed by atoms with Crippen molar-refractivity contribution in [3.05, 3.63) is 133 Å². The monoisotopic (exact) mass is 620 g/mol. The van der Waals surface area contributed by atoms with Crippen molar-refractivity contribution in [3.63, 3.8) is 0 Å². The van der Waals surface area contributed by atoms with E-state index in [1.165, 1.54) is 20.7 Å². The summed E-state index contributed by atoms with van der Waals surface area (Å²) in [6.45, 7) is 18.4. The summed E-state index contributed by atoms with van der Waals surface area (Å²) in [6.07, 6.45) is -0.262. The maximum atomic E-state index is 11.5. The van der Waals surface area contributed by atoms with E-state index in [4.69, 9.17) is 15.4 Å². The zero-order valence-corrected chi connectivity index (χ0v) is 29.2. The predicted molar refractivity (Wildman–Crippen MR) is 189 cm³/mol. The summed E-state index contributed by atoms with van der Waals surface area (Å²) in [5.41, 5.74) is 0.927. The van der Waals surface area contributed by atoms with Crippen LogP contribution in [-0.4, -0.2) is 40.1 Å². The van der Waals surface area contributed by atoms with Crippen LogP contribution in [0.3, 0.4) is 0 Å². The Bertz CT molecular complexity index is 1320. The first kappa shape index (κ1) is 32.3. The number of aliphatic hydroxyl groups is 1. The normalized spacial score (nSPS) is 20.0. The summed E-state index contributed by atoms with van der Waals surface area (Å²) in [5, 5.41) is 16.0. The maximum Gasteiger partial charge on any atom is 0.261 e. The Labute approximate surface area is 266 Å². The lowest BCUT2D eigenvalue weighted by atomic mass is 9.89. The van der Waals surface area contributed by atoms with Crippen molar-refractivity contribution in [2.24, 2.45) is 0 Å². The average Bonchev–Trinajstić information content (AvgIpc) is 3.01. The molecule has 0 radical (unpaired) electrons. The highest BCUT2D eigenvalue weighted by Gasteiger charge is 2.55. The third-order valence-electron chi connectivity index (χ3n) is 9.27. The predicted octanol–water partition coefficient (Wildman–Crippen LogP) is 6.59. The molecule has 1 aliphatic carbocycles. The fraction of sp³-hybridized carbons (Fsp3) is 0.333. The molecule has 230 valence electrons. The van der Waals surface area contributed by atoms with Gasteiger partial charge in [0.2, 0.25) is 0 Å². The van der Waals surface area contributed by atoms with Crippen molar-refractivity contribution < 1.29 is 14.0 Å². The molecule has 1 aliphatic rings. The average molecular weight is 621 g/mol. The zero-order chi connectivity index (χ0) is 31.6. The fourth-order valence-corrected chi connectivity index (χ4v) is 16.5. The van der Waals surface area contributed by atoms with Gasteiger partial charge in [0.25, 0.3) is 16.6 Å². The van der Waals surface area contributed by atoms with Crippen LogP contribution in [-0.2, 0) is 8.85 Å². The van der Waals surface area contributed by atoms with Gasteiger partial charge in [-0.3, -0.25) is 0 Å². The molecule has 1 saturated carbocycles. The van der Waals surface area contributed by atoms with Crippen LogP contribution >= 0.6 is 0 Å². The Balaban J connectivity index is 1.61. The molecule has 5 rings (SSSR count). The minimum absolute atomic E-state index is 0.188. The van der Waals surface area contributed by atoms with E-state index in [1.807, 2.05) is 0 Å². The first-order chi connectivity index (χ1) is 20.9. The summed E-state index contributed by atoms with van der Waals surface area (Å²) in [7, 11) is -5.75. The molecule has 0 heterocycles. The van der Waals surface area contributed by atoms with E-state index in [-0.39, 0.29) is 22.3 Å². The van der Waals surface area contributed by atoms with Crippen molar-refractivity contribution in [3.8, 4) is 0 Å². The van der Waals surface area contributed by atoms with Gasteiger partial charge in [-0.05, 0) is 36.4 Å². The molecule has 4 aromatic rings. The van der Waals surface area contributed by atoms with Gasteiger partial charge in [0.15, 0.2) is 0 Å². The fourth-order valence-electron chi connectivity index (χ4n) is 7.16. The van der Waals surface area contributed by atoms with Crippen molar-refractivity contribution >= 4 is 37.4 Å². The Hall–Kier alpha value is -3.07. The second-order valence-corrected chi connectivity index (χ2v) is 22.7. The highest BCUT2D eigenvalue weighted by molar-refractivity contribution is 7.00. The molecule has 0 aromatic heterocycles. The molecule has 1 fully saturated rings. The van der Waals surface area contributed by atoms with E-state index in [0.29, 0.717) is 12.8 Å². The van der Waals surface area contributed by atoms with Gasteiger partial charge in [-0.1, -0.05) is 169 Å². The Morgan fingerprint density at radius 2 is 0.773 bits per heavy atom. The molecule has 0 aliphatic heterocycles. The highest BCUT2D eigenvalue weighted by atomic mass is 28.4. The van der Waals surface area contributed by atoms with Crippen molar-refractivity contribution in [2.45, 2.75) is 82.8 Å². The van der Waals surface area contributed by atoms with E-state index in [1.54, 1.807) is 0 Å². The molecule has 0 unspecified atom stereocenters. The summed E-state index contributed by atoms with van der Waals surface area (Å²) < 4.78 is 15.1. The summed E-state index contributed by atoms with van der Waals surface area (Å²) in [6, 6.07) is 42.8. The van der Waals surface area contributed by atoms with E-state index in [9.17, 15) is 5.11 Å². The molecule has 0 bridgehead atoms. The molecule has 0 saturated heterocycles. The van der Waals surface area contributed by atoms with Gasteiger partial charge in [-0.25, -0.2) is 0 Å². The first-order valence-electron chi connectivity index (χ1n) is 15.8. The van der Waals surface area contributed by atoms with Crippen LogP contribution in [0.15, 0.2) is 133 Å². The van der Waals surface area contributed by atoms with Gasteiger partial charge in [0, 0.05) is 12.8 Å². The quantitative estimate of drug-likeness (QED) is 0.179. The van der Waals surface area contributed by atoms with Crippen molar-refractivity contribution in [1.29, 1.82) is 0 Å². The first-order valence-corrected chi connectivity index (χ1v) is 19.7. The molecule has 0 amide bonds. The lowest BCUT2D eigenvalue weighted by molar-refractivity contribution is 0.0276. The third kappa shape index (κ3) is 5.96. The Kier molecular flexibility index (Phi) is 9.36. The molecule has 0 spiro atoms. The molecule has 3 nitrogen and oxygen atoms in total. The standard InChI is InChI=1S/C39H48O3Si2/c1-30-36(41-43(38(2,3)4,32-20-12-8-13-21-32)33-22-14-9-15-23-33)28-31(40)29-37(30)42-44(39(5,6)7,34-24-16-10-17-25-34)35-26-18-11-19-27-35/h8-27,31,36-37,40H,1,28-29H2,2-7H3/t36-,37-/m1/s1. The number of benzene rings is 4. The van der Waals surface area contributed by atoms with Crippen molar-refractivity contribution in [2.75, 3.05) is 0 Å². The number of aliphatic hydroxyl groups excluding tert-OH is 1. The maximum absolute atomic E-state index is 11.5. The van der Waals surface area contributed by atoms with Gasteiger partial charge in [0.1, 0.15) is 0 Å².